The van der Waals surface area contributed by atoms with Gasteiger partial charge in [-0.25, -0.2) is 4.79 Å². The van der Waals surface area contributed by atoms with Gasteiger partial charge in [-0.05, 0) is 24.6 Å². The third kappa shape index (κ3) is 4.69. The molecule has 0 radical (unpaired) electrons. The van der Waals surface area contributed by atoms with Crippen LogP contribution in [0, 0.1) is 0 Å². The van der Waals surface area contributed by atoms with E-state index in [2.05, 4.69) is 4.90 Å². The van der Waals surface area contributed by atoms with Gasteiger partial charge in [0.1, 0.15) is 16.2 Å². The van der Waals surface area contributed by atoms with Crippen molar-refractivity contribution in [1.82, 2.24) is 0 Å². The molecule has 1 aromatic carbocycles. The lowest BCUT2D eigenvalue weighted by atomic mass is 9.88. The van der Waals surface area contributed by atoms with E-state index in [4.69, 9.17) is 38.4 Å². The Hall–Kier alpha value is -1.80. The Labute approximate surface area is 183 Å². The standard InChI is InChI=1S/C20H22Cl2N2O4S/c1-2-28-20(26)18-16(17(23)19(29-18)24-6-9-27-10-7-24)13(5-8-25)12-3-4-14(21)15(22)11-12/h3-4,8,11,13H,2,5-7,9-10,23H2,1H3. The molecule has 9 heteroatoms. The first kappa shape index (κ1) is 21.9. The third-order valence-corrected chi connectivity index (χ3v) is 6.75. The van der Waals surface area contributed by atoms with Crippen molar-refractivity contribution >= 4 is 57.5 Å². The quantitative estimate of drug-likeness (QED) is 0.491. The molecule has 1 saturated heterocycles. The number of halogens is 2. The first-order valence-corrected chi connectivity index (χ1v) is 10.9. The monoisotopic (exact) mass is 456 g/mol. The summed E-state index contributed by atoms with van der Waals surface area (Å²) in [4.78, 5) is 26.7. The lowest BCUT2D eigenvalue weighted by Gasteiger charge is -2.28. The number of esters is 1. The molecule has 2 aromatic rings. The molecule has 2 heterocycles. The normalized spacial score (nSPS) is 15.2. The zero-order valence-corrected chi connectivity index (χ0v) is 18.3. The van der Waals surface area contributed by atoms with Crippen molar-refractivity contribution in [1.29, 1.82) is 0 Å². The van der Waals surface area contributed by atoms with Crippen molar-refractivity contribution < 1.29 is 19.1 Å². The second-order valence-electron chi connectivity index (χ2n) is 6.51. The van der Waals surface area contributed by atoms with Gasteiger partial charge in [-0.1, -0.05) is 29.3 Å². The fraction of sp³-hybridized carbons (Fsp3) is 0.400. The van der Waals surface area contributed by atoms with E-state index in [1.54, 1.807) is 25.1 Å². The smallest absolute Gasteiger partial charge is 0.348 e. The molecule has 0 amide bonds. The lowest BCUT2D eigenvalue weighted by Crippen LogP contribution is -2.36. The van der Waals surface area contributed by atoms with Gasteiger partial charge in [0, 0.05) is 31.0 Å². The fourth-order valence-corrected chi connectivity index (χ4v) is 4.92. The number of nitrogen functional groups attached to an aromatic ring is 1. The molecule has 0 aliphatic carbocycles. The number of anilines is 2. The van der Waals surface area contributed by atoms with Gasteiger partial charge in [0.15, 0.2) is 0 Å². The van der Waals surface area contributed by atoms with Crippen molar-refractivity contribution in [3.8, 4) is 0 Å². The molecule has 0 spiro atoms. The van der Waals surface area contributed by atoms with Gasteiger partial charge < -0.3 is 24.9 Å². The van der Waals surface area contributed by atoms with Gasteiger partial charge in [-0.3, -0.25) is 0 Å². The van der Waals surface area contributed by atoms with Crippen molar-refractivity contribution in [2.75, 3.05) is 43.5 Å². The van der Waals surface area contributed by atoms with E-state index in [1.165, 1.54) is 11.3 Å². The van der Waals surface area contributed by atoms with E-state index in [0.29, 0.717) is 52.5 Å². The zero-order chi connectivity index (χ0) is 21.0. The Bertz CT molecular complexity index is 897. The first-order valence-electron chi connectivity index (χ1n) is 9.28. The van der Waals surface area contributed by atoms with E-state index < -0.39 is 11.9 Å². The van der Waals surface area contributed by atoms with Crippen LogP contribution in [0.1, 0.15) is 40.1 Å². The number of hydrogen-bond donors (Lipinski definition) is 1. The van der Waals surface area contributed by atoms with Crippen LogP contribution < -0.4 is 10.6 Å². The van der Waals surface area contributed by atoms with Crippen LogP contribution in [0.25, 0.3) is 0 Å². The number of benzene rings is 1. The molecule has 3 rings (SSSR count). The highest BCUT2D eigenvalue weighted by Gasteiger charge is 2.31. The molecule has 1 atom stereocenters. The second kappa shape index (κ2) is 9.80. The van der Waals surface area contributed by atoms with Crippen LogP contribution in [0.3, 0.4) is 0 Å². The predicted octanol–water partition coefficient (Wildman–Crippen LogP) is 4.37. The summed E-state index contributed by atoms with van der Waals surface area (Å²) in [6.45, 7) is 4.53. The summed E-state index contributed by atoms with van der Waals surface area (Å²) in [5.41, 5.74) is 8.39. The molecule has 2 N–H and O–H groups in total. The number of carbonyl (C=O) groups excluding carboxylic acids is 2. The van der Waals surface area contributed by atoms with Gasteiger partial charge in [0.25, 0.3) is 0 Å². The van der Waals surface area contributed by atoms with E-state index in [1.807, 2.05) is 0 Å². The van der Waals surface area contributed by atoms with Gasteiger partial charge in [-0.2, -0.15) is 0 Å². The maximum Gasteiger partial charge on any atom is 0.348 e. The Morgan fingerprint density at radius 1 is 1.34 bits per heavy atom. The highest BCUT2D eigenvalue weighted by Crippen LogP contribution is 2.46. The number of hydrogen-bond acceptors (Lipinski definition) is 7. The number of rotatable bonds is 7. The highest BCUT2D eigenvalue weighted by atomic mass is 35.5. The maximum absolute atomic E-state index is 12.7. The largest absolute Gasteiger partial charge is 0.462 e. The number of aldehydes is 1. The van der Waals surface area contributed by atoms with Crippen molar-refractivity contribution in [3.05, 3.63) is 44.2 Å². The van der Waals surface area contributed by atoms with Crippen LogP contribution in [0.4, 0.5) is 10.7 Å². The van der Waals surface area contributed by atoms with Gasteiger partial charge in [-0.15, -0.1) is 11.3 Å². The minimum Gasteiger partial charge on any atom is -0.462 e. The predicted molar refractivity (Wildman–Crippen MR) is 117 cm³/mol. The molecule has 1 aromatic heterocycles. The molecular formula is C20H22Cl2N2O4S. The molecular weight excluding hydrogens is 435 g/mol. The Morgan fingerprint density at radius 2 is 2.07 bits per heavy atom. The Kier molecular flexibility index (Phi) is 7.40. The van der Waals surface area contributed by atoms with Crippen LogP contribution in [0.5, 0.6) is 0 Å². The molecule has 6 nitrogen and oxygen atoms in total. The number of nitrogens with two attached hydrogens (primary N) is 1. The van der Waals surface area contributed by atoms with Gasteiger partial charge in [0.2, 0.25) is 0 Å². The Balaban J connectivity index is 2.14. The molecule has 1 fully saturated rings. The molecule has 1 aliphatic heterocycles. The number of nitrogens with zero attached hydrogens (tertiary/aromatic N) is 1. The minimum atomic E-state index is -0.449. The van der Waals surface area contributed by atoms with Crippen LogP contribution in [0.2, 0.25) is 10.0 Å². The number of ether oxygens (including phenoxy) is 2. The topological polar surface area (TPSA) is 81.9 Å². The summed E-state index contributed by atoms with van der Waals surface area (Å²) < 4.78 is 10.7. The molecule has 0 bridgehead atoms. The average Bonchev–Trinajstić information content (AvgIpc) is 3.06. The molecule has 29 heavy (non-hydrogen) atoms. The molecule has 1 unspecified atom stereocenters. The van der Waals surface area contributed by atoms with Crippen LogP contribution in [0.15, 0.2) is 18.2 Å². The van der Waals surface area contributed by atoms with Crippen molar-refractivity contribution in [2.45, 2.75) is 19.3 Å². The minimum absolute atomic E-state index is 0.147. The zero-order valence-electron chi connectivity index (χ0n) is 16.0. The average molecular weight is 457 g/mol. The fourth-order valence-electron chi connectivity index (χ4n) is 3.39. The van der Waals surface area contributed by atoms with Crippen LogP contribution >= 0.6 is 34.5 Å². The van der Waals surface area contributed by atoms with Crippen molar-refractivity contribution in [2.24, 2.45) is 0 Å². The van der Waals surface area contributed by atoms with Crippen molar-refractivity contribution in [3.63, 3.8) is 0 Å². The first-order chi connectivity index (χ1) is 14.0. The summed E-state index contributed by atoms with van der Waals surface area (Å²) in [6, 6.07) is 5.17. The van der Waals surface area contributed by atoms with Crippen LogP contribution in [-0.2, 0) is 14.3 Å². The third-order valence-electron chi connectivity index (χ3n) is 4.75. The molecule has 156 valence electrons. The summed E-state index contributed by atoms with van der Waals surface area (Å²) in [5.74, 6) is -0.887. The van der Waals surface area contributed by atoms with E-state index in [9.17, 15) is 9.59 Å². The van der Waals surface area contributed by atoms with E-state index in [0.717, 1.165) is 16.9 Å². The molecule has 1 aliphatic rings. The summed E-state index contributed by atoms with van der Waals surface area (Å²) >= 11 is 13.5. The Morgan fingerprint density at radius 3 is 2.69 bits per heavy atom. The number of thiophene rings is 1. The molecule has 0 saturated carbocycles. The maximum atomic E-state index is 12.7. The van der Waals surface area contributed by atoms with E-state index in [-0.39, 0.29) is 13.0 Å². The summed E-state index contributed by atoms with van der Waals surface area (Å²) in [6.07, 6.45) is 0.960. The summed E-state index contributed by atoms with van der Waals surface area (Å²) in [7, 11) is 0. The lowest BCUT2D eigenvalue weighted by molar-refractivity contribution is -0.108. The van der Waals surface area contributed by atoms with Gasteiger partial charge >= 0.3 is 5.97 Å². The van der Waals surface area contributed by atoms with Crippen LogP contribution in [-0.4, -0.2) is 45.2 Å². The summed E-state index contributed by atoms with van der Waals surface area (Å²) in [5, 5.41) is 1.58. The van der Waals surface area contributed by atoms with E-state index >= 15 is 0 Å². The highest BCUT2D eigenvalue weighted by molar-refractivity contribution is 7.18. The van der Waals surface area contributed by atoms with Gasteiger partial charge in [0.05, 0.1) is 35.6 Å². The number of morpholine rings is 1. The SMILES string of the molecule is CCOC(=O)c1sc(N2CCOCC2)c(N)c1C(CC=O)c1ccc(Cl)c(Cl)c1. The number of carbonyl (C=O) groups is 2. The second-order valence-corrected chi connectivity index (χ2v) is 8.33.